The van der Waals surface area contributed by atoms with Gasteiger partial charge >= 0.3 is 0 Å². The van der Waals surface area contributed by atoms with E-state index in [0.717, 1.165) is 23.0 Å². The van der Waals surface area contributed by atoms with Gasteiger partial charge in [-0.05, 0) is 43.2 Å². The molecule has 24 heavy (non-hydrogen) atoms. The topological polar surface area (TPSA) is 58.6 Å². The van der Waals surface area contributed by atoms with Gasteiger partial charge in [-0.15, -0.1) is 0 Å². The van der Waals surface area contributed by atoms with Gasteiger partial charge in [-0.25, -0.2) is 0 Å². The lowest BCUT2D eigenvalue weighted by molar-refractivity contribution is 0.285. The van der Waals surface area contributed by atoms with Crippen molar-refractivity contribution in [1.82, 2.24) is 4.98 Å². The van der Waals surface area contributed by atoms with Crippen LogP contribution in [-0.2, 0) is 9.47 Å². The average molecular weight is 327 g/mol. The van der Waals surface area contributed by atoms with Crippen molar-refractivity contribution >= 4 is 17.3 Å². The monoisotopic (exact) mass is 327 g/mol. The van der Waals surface area contributed by atoms with Gasteiger partial charge in [0.05, 0.1) is 31.4 Å². The van der Waals surface area contributed by atoms with Crippen molar-refractivity contribution in [2.24, 2.45) is 16.8 Å². The summed E-state index contributed by atoms with van der Waals surface area (Å²) < 4.78 is 11.0. The Morgan fingerprint density at radius 2 is 2.00 bits per heavy atom. The molecule has 1 aromatic rings. The number of allylic oxidation sites excluding steroid dienone is 2. The first-order chi connectivity index (χ1) is 11.6. The number of ether oxygens (including phenoxy) is 2. The van der Waals surface area contributed by atoms with Crippen LogP contribution >= 0.6 is 0 Å². The lowest BCUT2D eigenvalue weighted by Gasteiger charge is -2.12. The third kappa shape index (κ3) is 2.52. The third-order valence-corrected chi connectivity index (χ3v) is 5.29. The van der Waals surface area contributed by atoms with Crippen molar-refractivity contribution in [2.45, 2.75) is 38.6 Å². The van der Waals surface area contributed by atoms with Crippen molar-refractivity contribution < 1.29 is 9.47 Å². The van der Waals surface area contributed by atoms with Gasteiger partial charge in [-0.1, -0.05) is 19.1 Å². The minimum atomic E-state index is 0.122. The number of hydrogen-bond acceptors (Lipinski definition) is 4. The molecule has 5 nitrogen and oxygen atoms in total. The van der Waals surface area contributed by atoms with Gasteiger partial charge in [0.25, 0.3) is 0 Å². The smallest absolute Gasteiger partial charge is 0.225 e. The Morgan fingerprint density at radius 3 is 2.75 bits per heavy atom. The number of nitrogens with one attached hydrogen (secondary N) is 2. The molecule has 4 atom stereocenters. The summed E-state index contributed by atoms with van der Waals surface area (Å²) in [5, 5.41) is 3.62. The zero-order chi connectivity index (χ0) is 16.8. The summed E-state index contributed by atoms with van der Waals surface area (Å²) in [6.07, 6.45) is 6.75. The number of nitrogens with zero attached hydrogens (tertiary/aromatic N) is 1. The zero-order valence-corrected chi connectivity index (χ0v) is 14.7. The summed E-state index contributed by atoms with van der Waals surface area (Å²) in [6, 6.07) is 2.77. The SMILES string of the molecule is COC1=NC(OC)=C(c2cc3c([nH]2)NC(C)CC2CC32)C=CC1C. The van der Waals surface area contributed by atoms with E-state index in [1.807, 2.05) is 0 Å². The second-order valence-corrected chi connectivity index (χ2v) is 7.12. The van der Waals surface area contributed by atoms with Crippen LogP contribution in [0.4, 0.5) is 5.82 Å². The molecule has 0 bridgehead atoms. The van der Waals surface area contributed by atoms with E-state index >= 15 is 0 Å². The van der Waals surface area contributed by atoms with Crippen molar-refractivity contribution in [3.05, 3.63) is 35.4 Å². The number of aliphatic imine (C=N–C) groups is 1. The van der Waals surface area contributed by atoms with Crippen LogP contribution in [0, 0.1) is 11.8 Å². The molecule has 3 heterocycles. The van der Waals surface area contributed by atoms with Gasteiger partial charge in [0.2, 0.25) is 5.88 Å². The molecule has 3 aliphatic rings. The lowest BCUT2D eigenvalue weighted by Crippen LogP contribution is -2.15. The fraction of sp³-hybridized carbons (Fsp3) is 0.526. The molecule has 0 aromatic carbocycles. The van der Waals surface area contributed by atoms with E-state index in [9.17, 15) is 0 Å². The highest BCUT2D eigenvalue weighted by molar-refractivity contribution is 5.86. The van der Waals surface area contributed by atoms with Crippen LogP contribution < -0.4 is 5.32 Å². The summed E-state index contributed by atoms with van der Waals surface area (Å²) in [5.74, 6) is 4.06. The van der Waals surface area contributed by atoms with E-state index in [1.54, 1.807) is 14.2 Å². The van der Waals surface area contributed by atoms with Gasteiger partial charge in [0.1, 0.15) is 5.82 Å². The van der Waals surface area contributed by atoms with E-state index in [0.29, 0.717) is 23.7 Å². The molecule has 1 aromatic heterocycles. The number of aromatic nitrogens is 1. The molecule has 128 valence electrons. The molecule has 1 aliphatic carbocycles. The van der Waals surface area contributed by atoms with Crippen molar-refractivity contribution in [1.29, 1.82) is 0 Å². The highest BCUT2D eigenvalue weighted by Crippen LogP contribution is 2.54. The lowest BCUT2D eigenvalue weighted by atomic mass is 10.1. The molecular formula is C19H25N3O2. The number of aromatic amines is 1. The van der Waals surface area contributed by atoms with Gasteiger partial charge in [0, 0.05) is 6.04 Å². The summed E-state index contributed by atoms with van der Waals surface area (Å²) in [4.78, 5) is 8.13. The minimum absolute atomic E-state index is 0.122. The number of fused-ring (bicyclic) bond motifs is 3. The maximum absolute atomic E-state index is 5.55. The molecule has 1 saturated carbocycles. The summed E-state index contributed by atoms with van der Waals surface area (Å²) in [6.45, 7) is 4.32. The Morgan fingerprint density at radius 1 is 1.17 bits per heavy atom. The fourth-order valence-corrected chi connectivity index (χ4v) is 3.92. The predicted octanol–water partition coefficient (Wildman–Crippen LogP) is 3.89. The first kappa shape index (κ1) is 15.4. The van der Waals surface area contributed by atoms with Gasteiger partial charge in [-0.3, -0.25) is 0 Å². The molecule has 4 rings (SSSR count). The van der Waals surface area contributed by atoms with Gasteiger partial charge in [-0.2, -0.15) is 4.99 Å². The van der Waals surface area contributed by atoms with Crippen LogP contribution in [0.3, 0.4) is 0 Å². The number of H-pyrrole nitrogens is 1. The van der Waals surface area contributed by atoms with E-state index < -0.39 is 0 Å². The number of rotatable bonds is 2. The van der Waals surface area contributed by atoms with Crippen molar-refractivity contribution in [3.63, 3.8) is 0 Å². The van der Waals surface area contributed by atoms with Gasteiger partial charge < -0.3 is 19.8 Å². The molecule has 2 N–H and O–H groups in total. The maximum atomic E-state index is 5.55. The Bertz CT molecular complexity index is 744. The van der Waals surface area contributed by atoms with E-state index in [4.69, 9.17) is 9.47 Å². The highest BCUT2D eigenvalue weighted by Gasteiger charge is 2.43. The summed E-state index contributed by atoms with van der Waals surface area (Å²) in [7, 11) is 3.30. The predicted molar refractivity (Wildman–Crippen MR) is 96.0 cm³/mol. The van der Waals surface area contributed by atoms with E-state index in [2.05, 4.69) is 47.4 Å². The van der Waals surface area contributed by atoms with Crippen molar-refractivity contribution in [3.8, 4) is 0 Å². The van der Waals surface area contributed by atoms with Crippen LogP contribution in [-0.4, -0.2) is 31.1 Å². The molecule has 0 radical (unpaired) electrons. The van der Waals surface area contributed by atoms with Crippen LogP contribution in [0.1, 0.15) is 43.9 Å². The third-order valence-electron chi connectivity index (χ3n) is 5.29. The first-order valence-electron chi connectivity index (χ1n) is 8.69. The standard InChI is InChI=1S/C19H25N3O2/c1-10-5-6-13(19(24-4)22-18(10)23-3)16-9-15-14-8-12(14)7-11(2)20-17(15)21-16/h5-6,9-12,14,20-21H,7-8H2,1-4H3. The summed E-state index contributed by atoms with van der Waals surface area (Å²) >= 11 is 0. The Labute approximate surface area is 142 Å². The molecular weight excluding hydrogens is 302 g/mol. The van der Waals surface area contributed by atoms with Crippen LogP contribution in [0.2, 0.25) is 0 Å². The highest BCUT2D eigenvalue weighted by atomic mass is 16.5. The molecule has 0 saturated heterocycles. The Kier molecular flexibility index (Phi) is 3.66. The molecule has 4 unspecified atom stereocenters. The van der Waals surface area contributed by atoms with E-state index in [1.165, 1.54) is 18.4 Å². The zero-order valence-electron chi connectivity index (χ0n) is 14.7. The summed E-state index contributed by atoms with van der Waals surface area (Å²) in [5.41, 5.74) is 3.42. The Balaban J connectivity index is 1.77. The molecule has 2 aliphatic heterocycles. The fourth-order valence-electron chi connectivity index (χ4n) is 3.92. The molecule has 5 heteroatoms. The largest absolute Gasteiger partial charge is 0.484 e. The van der Waals surface area contributed by atoms with Crippen LogP contribution in [0.5, 0.6) is 0 Å². The maximum Gasteiger partial charge on any atom is 0.225 e. The van der Waals surface area contributed by atoms with E-state index in [-0.39, 0.29) is 5.92 Å². The Hall–Kier alpha value is -2.17. The number of hydrogen-bond donors (Lipinski definition) is 2. The molecule has 0 spiro atoms. The number of methoxy groups -OCH3 is 2. The second-order valence-electron chi connectivity index (χ2n) is 7.12. The minimum Gasteiger partial charge on any atom is -0.484 e. The van der Waals surface area contributed by atoms with Crippen molar-refractivity contribution in [2.75, 3.05) is 19.5 Å². The first-order valence-corrected chi connectivity index (χ1v) is 8.69. The average Bonchev–Trinajstić information content (AvgIpc) is 3.25. The van der Waals surface area contributed by atoms with Gasteiger partial charge in [0.15, 0.2) is 5.90 Å². The molecule has 1 fully saturated rings. The molecule has 0 amide bonds. The quantitative estimate of drug-likeness (QED) is 0.866. The normalized spacial score (nSPS) is 31.2. The van der Waals surface area contributed by atoms with Crippen LogP contribution in [0.15, 0.2) is 29.1 Å². The second kappa shape index (κ2) is 5.72. The number of anilines is 1. The van der Waals surface area contributed by atoms with Crippen LogP contribution in [0.25, 0.3) is 5.57 Å².